The summed E-state index contributed by atoms with van der Waals surface area (Å²) in [6, 6.07) is 5.02. The van der Waals surface area contributed by atoms with E-state index in [0.717, 1.165) is 5.56 Å². The molecule has 2 aromatic rings. The predicted octanol–water partition coefficient (Wildman–Crippen LogP) is 3.17. The summed E-state index contributed by atoms with van der Waals surface area (Å²) in [4.78, 5) is 11.7. The fourth-order valence-electron chi connectivity index (χ4n) is 1.15. The molecule has 0 aliphatic carbocycles. The third-order valence-corrected chi connectivity index (χ3v) is 2.29. The standard InChI is InChI=1S/C10H7BrO3/c1-6-4-5-13-10(6)9(12)7-2-3-8(11)14-7/h2-5H,1H3. The van der Waals surface area contributed by atoms with Crippen molar-refractivity contribution >= 4 is 21.7 Å². The van der Waals surface area contributed by atoms with E-state index in [0.29, 0.717) is 10.4 Å². The highest BCUT2D eigenvalue weighted by Gasteiger charge is 2.18. The number of carbonyl (C=O) groups excluding carboxylic acids is 1. The van der Waals surface area contributed by atoms with E-state index in [1.165, 1.54) is 6.26 Å². The molecule has 0 radical (unpaired) electrons. The number of ketones is 1. The highest BCUT2D eigenvalue weighted by molar-refractivity contribution is 9.10. The van der Waals surface area contributed by atoms with Gasteiger partial charge >= 0.3 is 0 Å². The molecule has 0 aromatic carbocycles. The summed E-state index contributed by atoms with van der Waals surface area (Å²) in [5, 5.41) is 0. The molecule has 2 heterocycles. The Hall–Kier alpha value is -1.29. The van der Waals surface area contributed by atoms with E-state index in [4.69, 9.17) is 8.83 Å². The van der Waals surface area contributed by atoms with Crippen molar-refractivity contribution in [2.75, 3.05) is 0 Å². The minimum atomic E-state index is -0.238. The lowest BCUT2D eigenvalue weighted by Crippen LogP contribution is -1.99. The van der Waals surface area contributed by atoms with Crippen LogP contribution >= 0.6 is 15.9 Å². The first-order valence-corrected chi connectivity index (χ1v) is 4.82. The molecule has 2 rings (SSSR count). The van der Waals surface area contributed by atoms with Gasteiger partial charge in [0.1, 0.15) is 0 Å². The van der Waals surface area contributed by atoms with Crippen LogP contribution in [-0.4, -0.2) is 5.78 Å². The van der Waals surface area contributed by atoms with E-state index in [1.54, 1.807) is 18.2 Å². The Morgan fingerprint density at radius 1 is 1.36 bits per heavy atom. The summed E-state index contributed by atoms with van der Waals surface area (Å²) < 4.78 is 10.7. The van der Waals surface area contributed by atoms with Crippen LogP contribution in [0.4, 0.5) is 0 Å². The third kappa shape index (κ3) is 1.53. The maximum absolute atomic E-state index is 11.7. The fraction of sp³-hybridized carbons (Fsp3) is 0.100. The van der Waals surface area contributed by atoms with Gasteiger partial charge in [0.15, 0.2) is 16.2 Å². The minimum absolute atomic E-state index is 0.238. The van der Waals surface area contributed by atoms with Crippen LogP contribution in [0.5, 0.6) is 0 Å². The fourth-order valence-corrected chi connectivity index (χ4v) is 1.46. The topological polar surface area (TPSA) is 43.4 Å². The molecular weight excluding hydrogens is 248 g/mol. The zero-order valence-electron chi connectivity index (χ0n) is 7.41. The Morgan fingerprint density at radius 2 is 2.14 bits per heavy atom. The van der Waals surface area contributed by atoms with Gasteiger partial charge in [-0.1, -0.05) is 0 Å². The maximum atomic E-state index is 11.7. The molecule has 0 aliphatic heterocycles. The van der Waals surface area contributed by atoms with Crippen molar-refractivity contribution in [1.82, 2.24) is 0 Å². The molecule has 0 N–H and O–H groups in total. The molecule has 4 heteroatoms. The van der Waals surface area contributed by atoms with Gasteiger partial charge in [0.25, 0.3) is 5.78 Å². The van der Waals surface area contributed by atoms with Crippen LogP contribution < -0.4 is 0 Å². The van der Waals surface area contributed by atoms with Gasteiger partial charge in [-0.25, -0.2) is 0 Å². The number of aryl methyl sites for hydroxylation is 1. The second-order valence-electron chi connectivity index (χ2n) is 2.87. The molecule has 0 bridgehead atoms. The zero-order chi connectivity index (χ0) is 10.1. The van der Waals surface area contributed by atoms with E-state index in [2.05, 4.69) is 15.9 Å². The number of halogens is 1. The molecule has 0 fully saturated rings. The molecule has 0 saturated heterocycles. The van der Waals surface area contributed by atoms with Gasteiger partial charge < -0.3 is 8.83 Å². The van der Waals surface area contributed by atoms with Crippen molar-refractivity contribution in [2.24, 2.45) is 0 Å². The van der Waals surface area contributed by atoms with Crippen LogP contribution in [0.2, 0.25) is 0 Å². The highest BCUT2D eigenvalue weighted by atomic mass is 79.9. The van der Waals surface area contributed by atoms with Crippen LogP contribution in [0.25, 0.3) is 0 Å². The lowest BCUT2D eigenvalue weighted by atomic mass is 10.2. The Kier molecular flexibility index (Phi) is 2.29. The molecule has 0 unspecified atom stereocenters. The van der Waals surface area contributed by atoms with Crippen molar-refractivity contribution in [3.05, 3.63) is 46.2 Å². The van der Waals surface area contributed by atoms with Gasteiger partial charge in [0, 0.05) is 0 Å². The number of carbonyl (C=O) groups is 1. The smallest absolute Gasteiger partial charge is 0.263 e. The quantitative estimate of drug-likeness (QED) is 0.774. The van der Waals surface area contributed by atoms with E-state index in [9.17, 15) is 4.79 Å². The monoisotopic (exact) mass is 254 g/mol. The Morgan fingerprint density at radius 3 is 2.64 bits per heavy atom. The normalized spacial score (nSPS) is 10.4. The Bertz CT molecular complexity index is 467. The summed E-state index contributed by atoms with van der Waals surface area (Å²) in [5.41, 5.74) is 0.808. The molecule has 72 valence electrons. The summed E-state index contributed by atoms with van der Waals surface area (Å²) in [6.45, 7) is 1.81. The van der Waals surface area contributed by atoms with E-state index in [1.807, 2.05) is 6.92 Å². The van der Waals surface area contributed by atoms with Crippen LogP contribution in [0, 0.1) is 6.92 Å². The van der Waals surface area contributed by atoms with Gasteiger partial charge in [-0.3, -0.25) is 4.79 Å². The predicted molar refractivity (Wildman–Crippen MR) is 53.3 cm³/mol. The molecule has 0 saturated carbocycles. The van der Waals surface area contributed by atoms with Gasteiger partial charge in [-0.15, -0.1) is 0 Å². The summed E-state index contributed by atoms with van der Waals surface area (Å²) >= 11 is 3.13. The van der Waals surface area contributed by atoms with E-state index >= 15 is 0 Å². The first kappa shape index (κ1) is 9.27. The summed E-state index contributed by atoms with van der Waals surface area (Å²) in [5.74, 6) is 0.361. The molecule has 0 spiro atoms. The van der Waals surface area contributed by atoms with Crippen molar-refractivity contribution in [1.29, 1.82) is 0 Å². The van der Waals surface area contributed by atoms with Gasteiger partial charge in [0.2, 0.25) is 0 Å². The number of rotatable bonds is 2. The maximum Gasteiger partial charge on any atom is 0.263 e. The lowest BCUT2D eigenvalue weighted by Gasteiger charge is -1.93. The summed E-state index contributed by atoms with van der Waals surface area (Å²) in [6.07, 6.45) is 1.49. The molecule has 0 amide bonds. The molecule has 0 aliphatic rings. The zero-order valence-corrected chi connectivity index (χ0v) is 9.00. The summed E-state index contributed by atoms with van der Waals surface area (Å²) in [7, 11) is 0. The van der Waals surface area contributed by atoms with E-state index in [-0.39, 0.29) is 11.5 Å². The van der Waals surface area contributed by atoms with Gasteiger partial charge in [0.05, 0.1) is 6.26 Å². The highest BCUT2D eigenvalue weighted by Crippen LogP contribution is 2.19. The number of hydrogen-bond donors (Lipinski definition) is 0. The van der Waals surface area contributed by atoms with E-state index < -0.39 is 0 Å². The molecule has 3 nitrogen and oxygen atoms in total. The Balaban J connectivity index is 2.38. The van der Waals surface area contributed by atoms with Crippen molar-refractivity contribution in [3.63, 3.8) is 0 Å². The van der Waals surface area contributed by atoms with Crippen molar-refractivity contribution in [3.8, 4) is 0 Å². The average molecular weight is 255 g/mol. The SMILES string of the molecule is Cc1ccoc1C(=O)c1ccc(Br)o1. The van der Waals surface area contributed by atoms with Crippen LogP contribution in [0.15, 0.2) is 38.0 Å². The number of hydrogen-bond acceptors (Lipinski definition) is 3. The Labute approximate surface area is 88.8 Å². The molecule has 2 aromatic heterocycles. The lowest BCUT2D eigenvalue weighted by molar-refractivity contribution is 0.0981. The first-order chi connectivity index (χ1) is 6.68. The first-order valence-electron chi connectivity index (χ1n) is 4.02. The van der Waals surface area contributed by atoms with Crippen LogP contribution in [0.3, 0.4) is 0 Å². The second kappa shape index (κ2) is 3.46. The average Bonchev–Trinajstić information content (AvgIpc) is 2.73. The van der Waals surface area contributed by atoms with Crippen LogP contribution in [-0.2, 0) is 0 Å². The molecule has 14 heavy (non-hydrogen) atoms. The van der Waals surface area contributed by atoms with Gasteiger partial charge in [-0.2, -0.15) is 0 Å². The van der Waals surface area contributed by atoms with Gasteiger partial charge in [-0.05, 0) is 46.6 Å². The van der Waals surface area contributed by atoms with Crippen LogP contribution in [0.1, 0.15) is 21.9 Å². The van der Waals surface area contributed by atoms with Crippen molar-refractivity contribution in [2.45, 2.75) is 6.92 Å². The molecular formula is C10H7BrO3. The minimum Gasteiger partial charge on any atom is -0.460 e. The third-order valence-electron chi connectivity index (χ3n) is 1.87. The number of furan rings is 2. The van der Waals surface area contributed by atoms with Crippen molar-refractivity contribution < 1.29 is 13.6 Å². The molecule has 0 atom stereocenters. The second-order valence-corrected chi connectivity index (χ2v) is 3.65. The largest absolute Gasteiger partial charge is 0.460 e.